The van der Waals surface area contributed by atoms with Crippen LogP contribution in [-0.2, 0) is 11.2 Å². The maximum absolute atomic E-state index is 6.09. The number of benzene rings is 1. The summed E-state index contributed by atoms with van der Waals surface area (Å²) in [7, 11) is 0. The van der Waals surface area contributed by atoms with Crippen LogP contribution < -0.4 is 11.1 Å². The Bertz CT molecular complexity index is 336. The minimum Gasteiger partial charge on any atom is -0.380 e. The second-order valence-corrected chi connectivity index (χ2v) is 5.51. The number of hydrogen-bond donors (Lipinski definition) is 2. The van der Waals surface area contributed by atoms with Gasteiger partial charge in [0, 0.05) is 12.6 Å². The fraction of sp³-hybridized carbons (Fsp3) is 0.625. The topological polar surface area (TPSA) is 47.3 Å². The minimum atomic E-state index is 0.107. The summed E-state index contributed by atoms with van der Waals surface area (Å²) < 4.78 is 5.72. The quantitative estimate of drug-likeness (QED) is 0.739. The molecule has 1 aliphatic heterocycles. The first-order chi connectivity index (χ1) is 9.34. The van der Waals surface area contributed by atoms with Gasteiger partial charge in [0.15, 0.2) is 0 Å². The molecular weight excluding hydrogens is 236 g/mol. The first kappa shape index (κ1) is 14.5. The summed E-state index contributed by atoms with van der Waals surface area (Å²) in [6.07, 6.45) is 4.66. The van der Waals surface area contributed by atoms with Crippen molar-refractivity contribution in [2.45, 2.75) is 31.7 Å². The molecule has 1 aliphatic rings. The van der Waals surface area contributed by atoms with Crippen LogP contribution >= 0.6 is 0 Å². The second kappa shape index (κ2) is 8.31. The SMILES string of the molecule is NC(COCCC1CCNCC1)Cc1ccccc1. The highest BCUT2D eigenvalue weighted by molar-refractivity contribution is 5.15. The van der Waals surface area contributed by atoms with Gasteiger partial charge in [0.05, 0.1) is 6.61 Å². The van der Waals surface area contributed by atoms with E-state index in [0.29, 0.717) is 6.61 Å². The number of hydrogen-bond acceptors (Lipinski definition) is 3. The molecule has 0 bridgehead atoms. The highest BCUT2D eigenvalue weighted by Crippen LogP contribution is 2.15. The molecule has 0 spiro atoms. The van der Waals surface area contributed by atoms with E-state index in [2.05, 4.69) is 29.6 Å². The zero-order valence-corrected chi connectivity index (χ0v) is 11.7. The van der Waals surface area contributed by atoms with E-state index in [4.69, 9.17) is 10.5 Å². The molecule has 1 aromatic rings. The Morgan fingerprint density at radius 2 is 1.95 bits per heavy atom. The third-order valence-corrected chi connectivity index (χ3v) is 3.80. The lowest BCUT2D eigenvalue weighted by Crippen LogP contribution is -2.30. The van der Waals surface area contributed by atoms with Gasteiger partial charge in [0.2, 0.25) is 0 Å². The molecule has 0 amide bonds. The van der Waals surface area contributed by atoms with Crippen LogP contribution in [0.1, 0.15) is 24.8 Å². The molecule has 1 atom stereocenters. The molecule has 0 radical (unpaired) electrons. The third-order valence-electron chi connectivity index (χ3n) is 3.80. The maximum atomic E-state index is 6.09. The summed E-state index contributed by atoms with van der Waals surface area (Å²) in [6, 6.07) is 10.5. The molecule has 19 heavy (non-hydrogen) atoms. The van der Waals surface area contributed by atoms with Crippen molar-refractivity contribution in [1.29, 1.82) is 0 Å². The van der Waals surface area contributed by atoms with Gasteiger partial charge in [-0.2, -0.15) is 0 Å². The molecule has 3 nitrogen and oxygen atoms in total. The van der Waals surface area contributed by atoms with Gasteiger partial charge >= 0.3 is 0 Å². The van der Waals surface area contributed by atoms with E-state index in [1.165, 1.54) is 24.8 Å². The average Bonchev–Trinajstić information content (AvgIpc) is 2.46. The molecule has 0 aromatic heterocycles. The Labute approximate surface area is 116 Å². The third kappa shape index (κ3) is 5.72. The van der Waals surface area contributed by atoms with E-state index in [1.807, 2.05) is 6.07 Å². The summed E-state index contributed by atoms with van der Waals surface area (Å²) in [5, 5.41) is 3.39. The van der Waals surface area contributed by atoms with Crippen molar-refractivity contribution in [1.82, 2.24) is 5.32 Å². The Balaban J connectivity index is 1.55. The highest BCUT2D eigenvalue weighted by atomic mass is 16.5. The molecule has 106 valence electrons. The number of rotatable bonds is 7. The van der Waals surface area contributed by atoms with Gasteiger partial charge in [-0.25, -0.2) is 0 Å². The van der Waals surface area contributed by atoms with Crippen LogP contribution in [0.5, 0.6) is 0 Å². The fourth-order valence-electron chi connectivity index (χ4n) is 2.63. The van der Waals surface area contributed by atoms with Crippen molar-refractivity contribution in [2.24, 2.45) is 11.7 Å². The smallest absolute Gasteiger partial charge is 0.0620 e. The average molecular weight is 262 g/mol. The Kier molecular flexibility index (Phi) is 6.34. The number of ether oxygens (including phenoxy) is 1. The Morgan fingerprint density at radius 3 is 2.68 bits per heavy atom. The number of piperidine rings is 1. The highest BCUT2D eigenvalue weighted by Gasteiger charge is 2.12. The van der Waals surface area contributed by atoms with Crippen LogP contribution in [0.15, 0.2) is 30.3 Å². The van der Waals surface area contributed by atoms with Crippen LogP contribution in [0.3, 0.4) is 0 Å². The van der Waals surface area contributed by atoms with Crippen molar-refractivity contribution >= 4 is 0 Å². The van der Waals surface area contributed by atoms with Gasteiger partial charge in [-0.15, -0.1) is 0 Å². The summed E-state index contributed by atoms with van der Waals surface area (Å²) in [6.45, 7) is 3.85. The first-order valence-corrected chi connectivity index (χ1v) is 7.42. The van der Waals surface area contributed by atoms with E-state index in [1.54, 1.807) is 0 Å². The summed E-state index contributed by atoms with van der Waals surface area (Å²) in [5.74, 6) is 0.839. The standard InChI is InChI=1S/C16H26N2O/c17-16(12-15-4-2-1-3-5-15)13-19-11-8-14-6-9-18-10-7-14/h1-5,14,16,18H,6-13,17H2. The molecular formula is C16H26N2O. The molecule has 1 fully saturated rings. The maximum Gasteiger partial charge on any atom is 0.0620 e. The van der Waals surface area contributed by atoms with E-state index >= 15 is 0 Å². The largest absolute Gasteiger partial charge is 0.380 e. The molecule has 1 saturated heterocycles. The predicted octanol–water partition coefficient (Wildman–Crippen LogP) is 1.96. The van der Waals surface area contributed by atoms with Crippen LogP contribution in [0.4, 0.5) is 0 Å². The van der Waals surface area contributed by atoms with Gasteiger partial charge < -0.3 is 15.8 Å². The summed E-state index contributed by atoms with van der Waals surface area (Å²) in [5.41, 5.74) is 7.38. The van der Waals surface area contributed by atoms with Crippen molar-refractivity contribution in [3.05, 3.63) is 35.9 Å². The lowest BCUT2D eigenvalue weighted by atomic mass is 9.95. The van der Waals surface area contributed by atoms with Gasteiger partial charge in [-0.1, -0.05) is 30.3 Å². The molecule has 0 aliphatic carbocycles. The van der Waals surface area contributed by atoms with Crippen LogP contribution in [0.2, 0.25) is 0 Å². The Morgan fingerprint density at radius 1 is 1.21 bits per heavy atom. The molecule has 3 N–H and O–H groups in total. The fourth-order valence-corrected chi connectivity index (χ4v) is 2.63. The Hall–Kier alpha value is -0.900. The predicted molar refractivity (Wildman–Crippen MR) is 79.2 cm³/mol. The normalized spacial score (nSPS) is 18.4. The minimum absolute atomic E-state index is 0.107. The van der Waals surface area contributed by atoms with Crippen LogP contribution in [-0.4, -0.2) is 32.3 Å². The van der Waals surface area contributed by atoms with Crippen molar-refractivity contribution in [2.75, 3.05) is 26.3 Å². The van der Waals surface area contributed by atoms with Crippen molar-refractivity contribution in [3.8, 4) is 0 Å². The van der Waals surface area contributed by atoms with Gasteiger partial charge in [0.25, 0.3) is 0 Å². The lowest BCUT2D eigenvalue weighted by molar-refractivity contribution is 0.103. The van der Waals surface area contributed by atoms with Gasteiger partial charge in [0.1, 0.15) is 0 Å². The molecule has 3 heteroatoms. The molecule has 0 saturated carbocycles. The number of nitrogens with one attached hydrogen (secondary N) is 1. The molecule has 1 heterocycles. The summed E-state index contributed by atoms with van der Waals surface area (Å²) >= 11 is 0. The van der Waals surface area contributed by atoms with E-state index in [0.717, 1.165) is 32.0 Å². The number of nitrogens with two attached hydrogens (primary N) is 1. The first-order valence-electron chi connectivity index (χ1n) is 7.42. The van der Waals surface area contributed by atoms with E-state index < -0.39 is 0 Å². The molecule has 2 rings (SSSR count). The monoisotopic (exact) mass is 262 g/mol. The van der Waals surface area contributed by atoms with Crippen molar-refractivity contribution < 1.29 is 4.74 Å². The zero-order valence-electron chi connectivity index (χ0n) is 11.7. The van der Waals surface area contributed by atoms with Gasteiger partial charge in [-0.3, -0.25) is 0 Å². The zero-order chi connectivity index (χ0) is 13.3. The molecule has 1 aromatic carbocycles. The van der Waals surface area contributed by atoms with Gasteiger partial charge in [-0.05, 0) is 50.3 Å². The lowest BCUT2D eigenvalue weighted by Gasteiger charge is -2.22. The van der Waals surface area contributed by atoms with Crippen LogP contribution in [0, 0.1) is 5.92 Å². The van der Waals surface area contributed by atoms with Crippen LogP contribution in [0.25, 0.3) is 0 Å². The van der Waals surface area contributed by atoms with E-state index in [9.17, 15) is 0 Å². The molecule has 1 unspecified atom stereocenters. The summed E-state index contributed by atoms with van der Waals surface area (Å²) in [4.78, 5) is 0. The van der Waals surface area contributed by atoms with E-state index in [-0.39, 0.29) is 6.04 Å². The van der Waals surface area contributed by atoms with Crippen molar-refractivity contribution in [3.63, 3.8) is 0 Å². The second-order valence-electron chi connectivity index (χ2n) is 5.51.